The molecule has 16 nitrogen and oxygen atoms in total. The molecule has 0 bridgehead atoms. The van der Waals surface area contributed by atoms with Gasteiger partial charge in [0, 0.05) is 40.3 Å². The number of esters is 5. The van der Waals surface area contributed by atoms with E-state index in [-0.39, 0.29) is 60.3 Å². The number of phenols is 1. The van der Waals surface area contributed by atoms with Crippen molar-refractivity contribution in [2.24, 2.45) is 23.7 Å². The highest BCUT2D eigenvalue weighted by atomic mass is 32.2. The second kappa shape index (κ2) is 27.6. The van der Waals surface area contributed by atoms with Crippen molar-refractivity contribution < 1.29 is 76.6 Å². The Bertz CT molecular complexity index is 3040. The average molecular weight is 1100 g/mol. The summed E-state index contributed by atoms with van der Waals surface area (Å²) in [6, 6.07) is 26.6. The molecule has 78 heavy (non-hydrogen) atoms. The molecule has 9 rings (SSSR count). The lowest BCUT2D eigenvalue weighted by Gasteiger charge is -2.26. The third-order valence-electron chi connectivity index (χ3n) is 13.3. The molecule has 5 aromatic rings. The molecule has 0 saturated heterocycles. The first-order valence-corrected chi connectivity index (χ1v) is 27.4. The van der Waals surface area contributed by atoms with Gasteiger partial charge in [-0.25, -0.2) is 4.79 Å². The number of Topliss-reactive ketones (excluding diaryl/α,β-unsaturated/α-hetero) is 2. The number of hydrogen-bond acceptors (Lipinski definition) is 18. The third kappa shape index (κ3) is 14.1. The van der Waals surface area contributed by atoms with Crippen LogP contribution in [0.1, 0.15) is 99.3 Å². The average Bonchev–Trinajstić information content (AvgIpc) is 4.04. The van der Waals surface area contributed by atoms with Crippen molar-refractivity contribution in [1.29, 1.82) is 0 Å². The van der Waals surface area contributed by atoms with E-state index in [1.54, 1.807) is 74.7 Å². The van der Waals surface area contributed by atoms with Crippen LogP contribution in [-0.2, 0) is 38.2 Å². The number of fused-ring (bicyclic) bond motifs is 3. The number of methoxy groups -OCH3 is 1. The molecule has 1 N–H and O–H groups in total. The summed E-state index contributed by atoms with van der Waals surface area (Å²) in [6.45, 7) is 8.71. The number of ketones is 2. The molecule has 1 heterocycles. The summed E-state index contributed by atoms with van der Waals surface area (Å²) in [7, 11) is 1.56. The Balaban J connectivity index is 0.000000371. The molecule has 2 saturated carbocycles. The zero-order valence-corrected chi connectivity index (χ0v) is 45.3. The van der Waals surface area contributed by atoms with Gasteiger partial charge in [-0.15, -0.1) is 0 Å². The van der Waals surface area contributed by atoms with E-state index in [1.165, 1.54) is 35.7 Å². The summed E-state index contributed by atoms with van der Waals surface area (Å²) in [6.07, 6.45) is 5.89. The van der Waals surface area contributed by atoms with Crippen LogP contribution < -0.4 is 23.7 Å². The Labute approximate surface area is 460 Å². The van der Waals surface area contributed by atoms with E-state index in [4.69, 9.17) is 38.3 Å². The predicted molar refractivity (Wildman–Crippen MR) is 291 cm³/mol. The minimum Gasteiger partial charge on any atom is -0.508 e. The molecule has 5 aromatic carbocycles. The number of allylic oxidation sites excluding steroid dienone is 1. The highest BCUT2D eigenvalue weighted by Crippen LogP contribution is 2.62. The van der Waals surface area contributed by atoms with E-state index in [1.807, 2.05) is 38.1 Å². The maximum absolute atomic E-state index is 13.8. The summed E-state index contributed by atoms with van der Waals surface area (Å²) in [5.41, 5.74) is 0.823. The van der Waals surface area contributed by atoms with Crippen molar-refractivity contribution in [3.8, 4) is 34.5 Å². The van der Waals surface area contributed by atoms with Gasteiger partial charge in [0.15, 0.2) is 23.4 Å². The molecule has 0 amide bonds. The van der Waals surface area contributed by atoms with Gasteiger partial charge in [-0.3, -0.25) is 28.8 Å². The van der Waals surface area contributed by atoms with Crippen molar-refractivity contribution >= 4 is 82.0 Å². The molecule has 0 aromatic heterocycles. The minimum atomic E-state index is -0.833. The van der Waals surface area contributed by atoms with Gasteiger partial charge in [-0.2, -0.15) is 0 Å². The van der Waals surface area contributed by atoms with E-state index in [0.29, 0.717) is 97.8 Å². The number of ether oxygens (including phenoxy) is 7. The number of carbonyl (C=O) groups is 8. The van der Waals surface area contributed by atoms with Crippen molar-refractivity contribution in [3.05, 3.63) is 131 Å². The third-order valence-corrected chi connectivity index (χ3v) is 15.9. The van der Waals surface area contributed by atoms with Crippen molar-refractivity contribution in [3.63, 3.8) is 0 Å². The largest absolute Gasteiger partial charge is 0.508 e. The minimum absolute atomic E-state index is 0.0772. The molecule has 2 fully saturated rings. The summed E-state index contributed by atoms with van der Waals surface area (Å²) in [5, 5.41) is 10.5. The first-order valence-electron chi connectivity index (χ1n) is 25.8. The first-order chi connectivity index (χ1) is 37.8. The molecule has 408 valence electrons. The number of rotatable bonds is 16. The van der Waals surface area contributed by atoms with Gasteiger partial charge >= 0.3 is 29.8 Å². The van der Waals surface area contributed by atoms with Gasteiger partial charge in [-0.1, -0.05) is 99.4 Å². The maximum atomic E-state index is 13.8. The number of aromatic hydroxyl groups is 1. The van der Waals surface area contributed by atoms with Crippen molar-refractivity contribution in [2.75, 3.05) is 20.3 Å². The van der Waals surface area contributed by atoms with E-state index < -0.39 is 41.8 Å². The Hall–Kier alpha value is -7.70. The topological polar surface area (TPSA) is 221 Å². The lowest BCUT2D eigenvalue weighted by Crippen LogP contribution is -2.30. The number of phenolic OH excluding ortho intramolecular Hbond substituents is 1. The molecule has 0 spiro atoms. The van der Waals surface area contributed by atoms with Crippen LogP contribution in [-0.4, -0.2) is 79.2 Å². The van der Waals surface area contributed by atoms with Crippen LogP contribution >= 0.6 is 23.5 Å². The predicted octanol–water partition coefficient (Wildman–Crippen LogP) is 11.4. The normalized spacial score (nSPS) is 18.5. The molecular weight excluding hydrogens is 1040 g/mol. The monoisotopic (exact) mass is 1100 g/mol. The molecular formula is C60H60O16S2. The quantitative estimate of drug-likeness (QED) is 0.0319. The van der Waals surface area contributed by atoms with Crippen LogP contribution in [0, 0.1) is 23.7 Å². The van der Waals surface area contributed by atoms with E-state index in [0.717, 1.165) is 30.6 Å². The summed E-state index contributed by atoms with van der Waals surface area (Å²) in [5.74, 6) is -1.61. The van der Waals surface area contributed by atoms with Crippen molar-refractivity contribution in [2.45, 2.75) is 94.5 Å². The lowest BCUT2D eigenvalue weighted by atomic mass is 9.82. The number of hydrogen-bond donors (Lipinski definition) is 1. The summed E-state index contributed by atoms with van der Waals surface area (Å²) < 4.78 is 39.5. The highest BCUT2D eigenvalue weighted by molar-refractivity contribution is 8.25. The SMILES string of the molecule is C=CC(=O)OCC(COc1ccc(OC(=O)C2CCC(C(=O)Oc3c4c(c(OC)c5ccccc35)SC(=C3C(=O)c5ccccc5C3=O)S4)CC2)cc1)OC(=O)CC.CC.O=CC1CCC(C(=O)Oc2ccc(O)cc2)CC1. The fourth-order valence-electron chi connectivity index (χ4n) is 9.13. The van der Waals surface area contributed by atoms with Crippen LogP contribution in [0.25, 0.3) is 10.8 Å². The van der Waals surface area contributed by atoms with Crippen LogP contribution in [0.3, 0.4) is 0 Å². The number of thioether (sulfide) groups is 2. The van der Waals surface area contributed by atoms with Crippen LogP contribution in [0.2, 0.25) is 0 Å². The van der Waals surface area contributed by atoms with Gasteiger partial charge in [0.1, 0.15) is 48.2 Å². The highest BCUT2D eigenvalue weighted by Gasteiger charge is 2.41. The van der Waals surface area contributed by atoms with E-state index >= 15 is 0 Å². The molecule has 1 atom stereocenters. The Morgan fingerprint density at radius 3 is 1.60 bits per heavy atom. The molecule has 18 heteroatoms. The van der Waals surface area contributed by atoms with Crippen LogP contribution in [0.5, 0.6) is 34.5 Å². The van der Waals surface area contributed by atoms with E-state index in [9.17, 15) is 38.4 Å². The lowest BCUT2D eigenvalue weighted by molar-refractivity contribution is -0.158. The standard InChI is InChI=1S/C44H38O12S2.C14H16O4.C2H6/c1-4-33(45)53-23-28(54-34(46)5-2)22-52-26-18-20-27(21-19-26)55-42(49)24-14-16-25(17-15-24)43(50)56-39-32-13-9-8-12-31(32)38(51-3)40-41(39)58-44(57-40)35-36(47)29-10-6-7-11-30(29)37(35)48;15-9-10-1-3-11(4-2-10)14(17)18-13-7-5-12(16)6-8-13;1-2/h4,6-13,18-21,24-25,28H,1,5,14-17,22-23H2,2-3H3;5-11,16H,1-4H2;1-2H3. The fraction of sp³-hybridized carbons (Fsp3) is 0.333. The van der Waals surface area contributed by atoms with E-state index in [2.05, 4.69) is 6.58 Å². The Morgan fingerprint density at radius 2 is 1.10 bits per heavy atom. The summed E-state index contributed by atoms with van der Waals surface area (Å²) >= 11 is 2.49. The van der Waals surface area contributed by atoms with Crippen LogP contribution in [0.4, 0.5) is 0 Å². The second-order valence-electron chi connectivity index (χ2n) is 18.3. The Morgan fingerprint density at radius 1 is 0.641 bits per heavy atom. The Kier molecular flexibility index (Phi) is 20.5. The smallest absolute Gasteiger partial charge is 0.330 e. The fourth-order valence-corrected chi connectivity index (χ4v) is 11.9. The second-order valence-corrected chi connectivity index (χ2v) is 20.6. The molecule has 3 aliphatic carbocycles. The van der Waals surface area contributed by atoms with Gasteiger partial charge < -0.3 is 43.1 Å². The molecule has 1 unspecified atom stereocenters. The van der Waals surface area contributed by atoms with Gasteiger partial charge in [0.2, 0.25) is 0 Å². The van der Waals surface area contributed by atoms with Crippen molar-refractivity contribution in [1.82, 2.24) is 0 Å². The molecule has 4 aliphatic rings. The maximum Gasteiger partial charge on any atom is 0.330 e. The van der Waals surface area contributed by atoms with Gasteiger partial charge in [0.05, 0.1) is 44.5 Å². The van der Waals surface area contributed by atoms with Gasteiger partial charge in [-0.05, 0) is 99.9 Å². The first kappa shape index (κ1) is 58.0. The molecule has 1 aliphatic heterocycles. The zero-order valence-electron chi connectivity index (χ0n) is 43.7. The number of carbonyl (C=O) groups excluding carboxylic acids is 8. The van der Waals surface area contributed by atoms with Gasteiger partial charge in [0.25, 0.3) is 0 Å². The number of aldehydes is 1. The number of benzene rings is 5. The molecule has 0 radical (unpaired) electrons. The van der Waals surface area contributed by atoms with Crippen LogP contribution in [0.15, 0.2) is 129 Å². The zero-order chi connectivity index (χ0) is 55.9. The summed E-state index contributed by atoms with van der Waals surface area (Å²) in [4.78, 5) is 101.